The van der Waals surface area contributed by atoms with Crippen molar-refractivity contribution in [2.45, 2.75) is 43.9 Å². The van der Waals surface area contributed by atoms with Crippen LogP contribution in [0.4, 0.5) is 0 Å². The third-order valence-corrected chi connectivity index (χ3v) is 5.86. The molecule has 0 aliphatic heterocycles. The van der Waals surface area contributed by atoms with Crippen molar-refractivity contribution in [2.24, 2.45) is 5.73 Å². The minimum absolute atomic E-state index is 0.0156. The van der Waals surface area contributed by atoms with E-state index in [2.05, 4.69) is 20.9 Å². The number of hydrogen-bond acceptors (Lipinski definition) is 6. The number of benzene rings is 2. The zero-order valence-electron chi connectivity index (χ0n) is 20.3. The third kappa shape index (κ3) is 7.38. The van der Waals surface area contributed by atoms with Crippen LogP contribution in [-0.2, 0) is 32.0 Å². The number of carbonyl (C=O) groups is 4. The lowest BCUT2D eigenvalue weighted by Crippen LogP contribution is -2.58. The van der Waals surface area contributed by atoms with E-state index in [1.807, 2.05) is 24.3 Å². The second kappa shape index (κ2) is 12.7. The fourth-order valence-electron chi connectivity index (χ4n) is 3.82. The van der Waals surface area contributed by atoms with Crippen molar-refractivity contribution in [3.8, 4) is 0 Å². The number of nitrogens with one attached hydrogen (secondary N) is 4. The average molecular weight is 510 g/mol. The normalized spacial score (nSPS) is 14.2. The molecule has 3 aromatic rings. The van der Waals surface area contributed by atoms with Crippen molar-refractivity contribution >= 4 is 34.6 Å². The molecular formula is C26H31N5O6. The molecule has 11 heteroatoms. The first kappa shape index (κ1) is 27.4. The first-order chi connectivity index (χ1) is 17.7. The molecule has 196 valence electrons. The lowest BCUT2D eigenvalue weighted by Gasteiger charge is -2.24. The molecule has 0 saturated carbocycles. The Labute approximate surface area is 213 Å². The van der Waals surface area contributed by atoms with Crippen molar-refractivity contribution in [3.05, 3.63) is 71.9 Å². The smallest absolute Gasteiger partial charge is 0.326 e. The summed E-state index contributed by atoms with van der Waals surface area (Å²) in [6, 6.07) is 11.6. The van der Waals surface area contributed by atoms with Crippen LogP contribution in [0.1, 0.15) is 18.1 Å². The molecule has 3 amide bonds. The summed E-state index contributed by atoms with van der Waals surface area (Å²) < 4.78 is 0. The summed E-state index contributed by atoms with van der Waals surface area (Å²) in [7, 11) is 0. The minimum Gasteiger partial charge on any atom is -0.480 e. The van der Waals surface area contributed by atoms with E-state index in [1.165, 1.54) is 6.92 Å². The highest BCUT2D eigenvalue weighted by Crippen LogP contribution is 2.19. The van der Waals surface area contributed by atoms with E-state index in [4.69, 9.17) is 5.73 Å². The van der Waals surface area contributed by atoms with Gasteiger partial charge in [-0.05, 0) is 24.1 Å². The largest absolute Gasteiger partial charge is 0.480 e. The number of aliphatic hydroxyl groups is 1. The number of rotatable bonds is 12. The van der Waals surface area contributed by atoms with Crippen LogP contribution in [0.15, 0.2) is 60.8 Å². The lowest BCUT2D eigenvalue weighted by atomic mass is 10.0. The van der Waals surface area contributed by atoms with Crippen LogP contribution in [-0.4, -0.2) is 69.7 Å². The number of aliphatic hydroxyl groups excluding tert-OH is 1. The summed E-state index contributed by atoms with van der Waals surface area (Å²) in [5, 5.41) is 27.7. The van der Waals surface area contributed by atoms with Crippen LogP contribution >= 0.6 is 0 Å². The van der Waals surface area contributed by atoms with Gasteiger partial charge in [-0.2, -0.15) is 0 Å². The molecule has 0 fully saturated rings. The predicted molar refractivity (Wildman–Crippen MR) is 136 cm³/mol. The Bertz CT molecular complexity index is 1240. The van der Waals surface area contributed by atoms with Gasteiger partial charge < -0.3 is 36.9 Å². The number of aliphatic carboxylic acids is 1. The quantitative estimate of drug-likeness (QED) is 0.177. The molecule has 4 atom stereocenters. The number of nitrogens with two attached hydrogens (primary N) is 1. The summed E-state index contributed by atoms with van der Waals surface area (Å²) in [4.78, 5) is 53.0. The van der Waals surface area contributed by atoms with Crippen molar-refractivity contribution in [2.75, 3.05) is 6.61 Å². The van der Waals surface area contributed by atoms with Crippen molar-refractivity contribution < 1.29 is 29.4 Å². The van der Waals surface area contributed by atoms with E-state index in [0.717, 1.165) is 16.5 Å². The molecule has 4 unspecified atom stereocenters. The van der Waals surface area contributed by atoms with Crippen LogP contribution < -0.4 is 21.7 Å². The van der Waals surface area contributed by atoms with Gasteiger partial charge in [0, 0.05) is 29.9 Å². The van der Waals surface area contributed by atoms with Gasteiger partial charge >= 0.3 is 5.97 Å². The SMILES string of the molecule is CC(N)C(=O)NC(Cc1ccccc1)C(=O)NC(CO)C(=O)NC(Cc1c[nH]c2ccccc12)C(=O)O. The van der Waals surface area contributed by atoms with Gasteiger partial charge in [-0.3, -0.25) is 14.4 Å². The predicted octanol–water partition coefficient (Wildman–Crippen LogP) is -0.168. The van der Waals surface area contributed by atoms with E-state index in [1.54, 1.807) is 36.5 Å². The topological polar surface area (TPSA) is 187 Å². The van der Waals surface area contributed by atoms with Crippen LogP contribution in [0.5, 0.6) is 0 Å². The molecule has 0 bridgehead atoms. The molecule has 3 rings (SSSR count). The summed E-state index contributed by atoms with van der Waals surface area (Å²) in [6.07, 6.45) is 1.77. The summed E-state index contributed by atoms with van der Waals surface area (Å²) in [5.74, 6) is -3.44. The van der Waals surface area contributed by atoms with Gasteiger partial charge in [0.15, 0.2) is 0 Å². The van der Waals surface area contributed by atoms with Gasteiger partial charge in [-0.15, -0.1) is 0 Å². The highest BCUT2D eigenvalue weighted by Gasteiger charge is 2.30. The molecule has 1 aromatic heterocycles. The van der Waals surface area contributed by atoms with Crippen LogP contribution in [0, 0.1) is 0 Å². The Hall–Kier alpha value is -4.22. The van der Waals surface area contributed by atoms with Crippen molar-refractivity contribution in [1.29, 1.82) is 0 Å². The highest BCUT2D eigenvalue weighted by atomic mass is 16.4. The van der Waals surface area contributed by atoms with Crippen LogP contribution in [0.3, 0.4) is 0 Å². The number of H-pyrrole nitrogens is 1. The molecule has 0 radical (unpaired) electrons. The number of carboxylic acids is 1. The van der Waals surface area contributed by atoms with Crippen molar-refractivity contribution in [1.82, 2.24) is 20.9 Å². The molecule has 1 heterocycles. The Morgan fingerprint density at radius 3 is 2.08 bits per heavy atom. The number of aromatic nitrogens is 1. The lowest BCUT2D eigenvalue weighted by molar-refractivity contribution is -0.142. The Balaban J connectivity index is 1.70. The summed E-state index contributed by atoms with van der Waals surface area (Å²) >= 11 is 0. The van der Waals surface area contributed by atoms with E-state index < -0.39 is 54.5 Å². The van der Waals surface area contributed by atoms with E-state index in [-0.39, 0.29) is 12.8 Å². The van der Waals surface area contributed by atoms with E-state index in [0.29, 0.717) is 5.56 Å². The molecular weight excluding hydrogens is 478 g/mol. The van der Waals surface area contributed by atoms with Crippen LogP contribution in [0.25, 0.3) is 10.9 Å². The standard InChI is InChI=1S/C26H31N5O6/c1-15(27)23(33)29-20(11-16-7-3-2-4-8-16)24(34)31-22(14-32)25(35)30-21(26(36)37)12-17-13-28-19-10-6-5-9-18(17)19/h2-10,13,15,20-22,28,32H,11-12,14,27H2,1H3,(H,29,33)(H,30,35)(H,31,34)(H,36,37). The number of carboxylic acid groups (broad SMARTS) is 1. The van der Waals surface area contributed by atoms with E-state index in [9.17, 15) is 29.4 Å². The first-order valence-electron chi connectivity index (χ1n) is 11.8. The molecule has 11 nitrogen and oxygen atoms in total. The second-order valence-electron chi connectivity index (χ2n) is 8.75. The first-order valence-corrected chi connectivity index (χ1v) is 11.8. The number of fused-ring (bicyclic) bond motifs is 1. The van der Waals surface area contributed by atoms with Crippen LogP contribution in [0.2, 0.25) is 0 Å². The molecule has 2 aromatic carbocycles. The number of para-hydroxylation sites is 1. The minimum atomic E-state index is -1.44. The monoisotopic (exact) mass is 509 g/mol. The molecule has 37 heavy (non-hydrogen) atoms. The number of amides is 3. The van der Waals surface area contributed by atoms with Gasteiger partial charge in [0.25, 0.3) is 0 Å². The molecule has 0 saturated heterocycles. The maximum atomic E-state index is 13.0. The molecule has 0 aliphatic carbocycles. The van der Waals surface area contributed by atoms with Gasteiger partial charge in [0.05, 0.1) is 12.6 Å². The molecule has 0 aliphatic rings. The number of carbonyl (C=O) groups excluding carboxylic acids is 3. The van der Waals surface area contributed by atoms with Gasteiger partial charge in [-0.1, -0.05) is 48.5 Å². The fourth-order valence-corrected chi connectivity index (χ4v) is 3.82. The number of aromatic amines is 1. The Morgan fingerprint density at radius 2 is 1.43 bits per heavy atom. The molecule has 0 spiro atoms. The van der Waals surface area contributed by atoms with Gasteiger partial charge in [0.1, 0.15) is 18.1 Å². The average Bonchev–Trinajstić information content (AvgIpc) is 3.29. The third-order valence-electron chi connectivity index (χ3n) is 5.86. The zero-order valence-corrected chi connectivity index (χ0v) is 20.3. The van der Waals surface area contributed by atoms with Gasteiger partial charge in [-0.25, -0.2) is 4.79 Å². The van der Waals surface area contributed by atoms with E-state index >= 15 is 0 Å². The zero-order chi connectivity index (χ0) is 26.9. The summed E-state index contributed by atoms with van der Waals surface area (Å²) in [6.45, 7) is 0.687. The summed E-state index contributed by atoms with van der Waals surface area (Å²) in [5.41, 5.74) is 7.89. The number of hydrogen-bond donors (Lipinski definition) is 7. The van der Waals surface area contributed by atoms with Crippen molar-refractivity contribution in [3.63, 3.8) is 0 Å². The Morgan fingerprint density at radius 1 is 0.838 bits per heavy atom. The maximum absolute atomic E-state index is 13.0. The maximum Gasteiger partial charge on any atom is 0.326 e. The fraction of sp³-hybridized carbons (Fsp3) is 0.308. The Kier molecular flexibility index (Phi) is 9.36. The van der Waals surface area contributed by atoms with Gasteiger partial charge in [0.2, 0.25) is 17.7 Å². The highest BCUT2D eigenvalue weighted by molar-refractivity contribution is 5.94. The second-order valence-corrected chi connectivity index (χ2v) is 8.75. The molecule has 8 N–H and O–H groups in total.